The Morgan fingerprint density at radius 1 is 1.43 bits per heavy atom. The van der Waals surface area contributed by atoms with E-state index in [1.807, 2.05) is 0 Å². The maximum atomic E-state index is 12.1. The number of fused-ring (bicyclic) bond motifs is 1. The number of amides is 1. The first kappa shape index (κ1) is 12.2. The van der Waals surface area contributed by atoms with Crippen molar-refractivity contribution in [3.05, 3.63) is 40.5 Å². The van der Waals surface area contributed by atoms with Crippen molar-refractivity contribution in [3.63, 3.8) is 0 Å². The third-order valence-electron chi connectivity index (χ3n) is 3.22. The lowest BCUT2D eigenvalue weighted by atomic mass is 10.4. The number of H-pyrrole nitrogens is 1. The van der Waals surface area contributed by atoms with Crippen molar-refractivity contribution in [2.75, 3.05) is 5.32 Å². The molecule has 0 bridgehead atoms. The fourth-order valence-electron chi connectivity index (χ4n) is 2.00. The Bertz CT molecular complexity index is 890. The summed E-state index contributed by atoms with van der Waals surface area (Å²) in [6.07, 6.45) is 6.84. The number of anilines is 1. The van der Waals surface area contributed by atoms with Crippen LogP contribution in [0.4, 0.5) is 5.13 Å². The highest BCUT2D eigenvalue weighted by Crippen LogP contribution is 2.39. The van der Waals surface area contributed by atoms with Crippen LogP contribution in [-0.2, 0) is 0 Å². The highest BCUT2D eigenvalue weighted by molar-refractivity contribution is 7.09. The molecule has 0 aromatic carbocycles. The number of hydrogen-bond acceptors (Lipinski definition) is 6. The quantitative estimate of drug-likeness (QED) is 0.751. The first-order valence-electron chi connectivity index (χ1n) is 6.42. The summed E-state index contributed by atoms with van der Waals surface area (Å²) in [5.74, 6) is 0.832. The van der Waals surface area contributed by atoms with Gasteiger partial charge in [0.05, 0.1) is 0 Å². The minimum atomic E-state index is -0.406. The molecule has 1 saturated carbocycles. The molecule has 9 heteroatoms. The Kier molecular flexibility index (Phi) is 2.61. The van der Waals surface area contributed by atoms with Gasteiger partial charge in [0.1, 0.15) is 11.5 Å². The number of rotatable bonds is 3. The molecule has 0 unspecified atom stereocenters. The van der Waals surface area contributed by atoms with Crippen LogP contribution in [0.1, 0.15) is 35.1 Å². The van der Waals surface area contributed by atoms with Crippen molar-refractivity contribution in [1.82, 2.24) is 23.7 Å². The number of nitrogens with one attached hydrogen (secondary N) is 2. The van der Waals surface area contributed by atoms with E-state index in [0.717, 1.165) is 30.2 Å². The molecule has 1 aliphatic rings. The number of aromatic amines is 1. The number of aromatic nitrogens is 5. The summed E-state index contributed by atoms with van der Waals surface area (Å²) < 4.78 is 5.72. The second kappa shape index (κ2) is 4.48. The maximum absolute atomic E-state index is 12.1. The summed E-state index contributed by atoms with van der Waals surface area (Å²) in [4.78, 5) is 34.5. The van der Waals surface area contributed by atoms with Crippen LogP contribution in [-0.4, -0.2) is 29.6 Å². The van der Waals surface area contributed by atoms with Crippen molar-refractivity contribution in [1.29, 1.82) is 0 Å². The fraction of sp³-hybridized carbons (Fsp3) is 0.250. The Labute approximate surface area is 122 Å². The molecule has 0 spiro atoms. The van der Waals surface area contributed by atoms with Crippen LogP contribution in [0.15, 0.2) is 23.4 Å². The van der Waals surface area contributed by atoms with E-state index in [-0.39, 0.29) is 16.9 Å². The van der Waals surface area contributed by atoms with Crippen LogP contribution in [0, 0.1) is 0 Å². The standard InChI is InChI=1S/C12H10N6O2S/c19-10(16-12-15-8(17-21-12)6-1-2-6)7-5-18-4-3-13-11(20)9(18)14-7/h3-6H,1-2H2,(H,13,20)(H,15,16,17,19). The molecule has 0 atom stereocenters. The van der Waals surface area contributed by atoms with Crippen LogP contribution in [0.5, 0.6) is 0 Å². The smallest absolute Gasteiger partial charge is 0.291 e. The third kappa shape index (κ3) is 2.21. The van der Waals surface area contributed by atoms with Gasteiger partial charge in [-0.25, -0.2) is 9.97 Å². The fourth-order valence-corrected chi connectivity index (χ4v) is 2.64. The van der Waals surface area contributed by atoms with Crippen molar-refractivity contribution < 1.29 is 4.79 Å². The molecular formula is C12H10N6O2S. The summed E-state index contributed by atoms with van der Waals surface area (Å²) in [5, 5.41) is 3.11. The van der Waals surface area contributed by atoms with Gasteiger partial charge in [0.15, 0.2) is 0 Å². The van der Waals surface area contributed by atoms with Crippen molar-refractivity contribution in [2.45, 2.75) is 18.8 Å². The van der Waals surface area contributed by atoms with E-state index in [9.17, 15) is 9.59 Å². The Morgan fingerprint density at radius 3 is 3.05 bits per heavy atom. The molecule has 106 valence electrons. The van der Waals surface area contributed by atoms with Crippen molar-refractivity contribution in [3.8, 4) is 0 Å². The zero-order valence-electron chi connectivity index (χ0n) is 10.7. The number of nitrogens with zero attached hydrogens (tertiary/aromatic N) is 4. The van der Waals surface area contributed by atoms with Crippen LogP contribution < -0.4 is 10.9 Å². The Hall–Kier alpha value is -2.55. The van der Waals surface area contributed by atoms with Crippen LogP contribution in [0.2, 0.25) is 0 Å². The zero-order valence-corrected chi connectivity index (χ0v) is 11.6. The molecule has 8 nitrogen and oxygen atoms in total. The van der Waals surface area contributed by atoms with Gasteiger partial charge in [0.2, 0.25) is 10.8 Å². The Balaban J connectivity index is 1.60. The number of hydrogen-bond donors (Lipinski definition) is 2. The van der Waals surface area contributed by atoms with Crippen LogP contribution in [0.3, 0.4) is 0 Å². The minimum absolute atomic E-state index is 0.162. The van der Waals surface area contributed by atoms with E-state index in [2.05, 4.69) is 24.6 Å². The van der Waals surface area contributed by atoms with E-state index >= 15 is 0 Å². The van der Waals surface area contributed by atoms with E-state index in [1.165, 1.54) is 16.8 Å². The van der Waals surface area contributed by atoms with Gasteiger partial charge < -0.3 is 9.38 Å². The van der Waals surface area contributed by atoms with Gasteiger partial charge in [0, 0.05) is 36.0 Å². The molecule has 2 N–H and O–H groups in total. The lowest BCUT2D eigenvalue weighted by Crippen LogP contribution is -2.12. The van der Waals surface area contributed by atoms with Gasteiger partial charge in [0.25, 0.3) is 11.5 Å². The third-order valence-corrected chi connectivity index (χ3v) is 3.87. The lowest BCUT2D eigenvalue weighted by Gasteiger charge is -1.95. The molecule has 1 fully saturated rings. The highest BCUT2D eigenvalue weighted by atomic mass is 32.1. The Morgan fingerprint density at radius 2 is 2.29 bits per heavy atom. The van der Waals surface area contributed by atoms with Crippen LogP contribution in [0.25, 0.3) is 5.65 Å². The maximum Gasteiger partial charge on any atom is 0.291 e. The molecular weight excluding hydrogens is 292 g/mol. The van der Waals surface area contributed by atoms with Crippen LogP contribution >= 0.6 is 11.5 Å². The second-order valence-corrected chi connectivity index (χ2v) is 5.58. The highest BCUT2D eigenvalue weighted by Gasteiger charge is 2.28. The summed E-state index contributed by atoms with van der Waals surface area (Å²) in [6.45, 7) is 0. The van der Waals surface area contributed by atoms with Gasteiger partial charge in [-0.05, 0) is 12.8 Å². The van der Waals surface area contributed by atoms with E-state index < -0.39 is 5.91 Å². The molecule has 0 radical (unpaired) electrons. The molecule has 4 rings (SSSR count). The first-order valence-corrected chi connectivity index (χ1v) is 7.19. The molecule has 3 heterocycles. The normalized spacial score (nSPS) is 14.5. The van der Waals surface area contributed by atoms with E-state index in [4.69, 9.17) is 0 Å². The number of imidazole rings is 1. The average molecular weight is 302 g/mol. The summed E-state index contributed by atoms with van der Waals surface area (Å²) in [7, 11) is 0. The van der Waals surface area contributed by atoms with Gasteiger partial charge in [-0.15, -0.1) is 0 Å². The average Bonchev–Trinajstić information content (AvgIpc) is 3.05. The predicted molar refractivity (Wildman–Crippen MR) is 75.6 cm³/mol. The van der Waals surface area contributed by atoms with E-state index in [0.29, 0.717) is 11.0 Å². The zero-order chi connectivity index (χ0) is 14.4. The van der Waals surface area contributed by atoms with Gasteiger partial charge in [-0.3, -0.25) is 14.9 Å². The van der Waals surface area contributed by atoms with Crippen molar-refractivity contribution >= 4 is 28.2 Å². The van der Waals surface area contributed by atoms with E-state index in [1.54, 1.807) is 6.20 Å². The topological polar surface area (TPSA) is 105 Å². The second-order valence-electron chi connectivity index (χ2n) is 4.83. The summed E-state index contributed by atoms with van der Waals surface area (Å²) in [6, 6.07) is 0. The molecule has 0 aliphatic heterocycles. The molecule has 3 aromatic rings. The van der Waals surface area contributed by atoms with Gasteiger partial charge >= 0.3 is 0 Å². The number of carbonyl (C=O) groups is 1. The largest absolute Gasteiger partial charge is 0.324 e. The molecule has 21 heavy (non-hydrogen) atoms. The van der Waals surface area contributed by atoms with Crippen molar-refractivity contribution in [2.24, 2.45) is 0 Å². The monoisotopic (exact) mass is 302 g/mol. The lowest BCUT2D eigenvalue weighted by molar-refractivity contribution is 0.102. The molecule has 1 aliphatic carbocycles. The van der Waals surface area contributed by atoms with Gasteiger partial charge in [-0.1, -0.05) is 0 Å². The summed E-state index contributed by atoms with van der Waals surface area (Å²) >= 11 is 1.16. The first-order chi connectivity index (χ1) is 10.2. The minimum Gasteiger partial charge on any atom is -0.324 e. The molecule has 1 amide bonds. The van der Waals surface area contributed by atoms with Gasteiger partial charge in [-0.2, -0.15) is 4.37 Å². The SMILES string of the molecule is O=C(Nc1nc(C2CC2)ns1)c1cn2cc[nH]c(=O)c2n1. The predicted octanol–water partition coefficient (Wildman–Crippen LogP) is 1.00. The number of carbonyl (C=O) groups excluding carboxylic acids is 1. The molecule has 3 aromatic heterocycles. The summed E-state index contributed by atoms with van der Waals surface area (Å²) in [5.41, 5.74) is -0.00283. The molecule has 0 saturated heterocycles.